The average molecular weight is 340 g/mol. The van der Waals surface area contributed by atoms with Gasteiger partial charge in [0.25, 0.3) is 0 Å². The molecule has 5 nitrogen and oxygen atoms in total. The Morgan fingerprint density at radius 1 is 1.08 bits per heavy atom. The molecule has 1 aliphatic rings. The van der Waals surface area contributed by atoms with E-state index in [0.29, 0.717) is 10.6 Å². The number of aryl methyl sites for hydroxylation is 2. The number of hydrogen-bond acceptors (Lipinski definition) is 5. The zero-order chi connectivity index (χ0) is 16.7. The van der Waals surface area contributed by atoms with Gasteiger partial charge in [0.15, 0.2) is 9.84 Å². The van der Waals surface area contributed by atoms with Crippen molar-refractivity contribution in [1.82, 2.24) is 9.97 Å². The van der Waals surface area contributed by atoms with Crippen LogP contribution in [0.4, 0.5) is 0 Å². The van der Waals surface area contributed by atoms with Gasteiger partial charge in [-0.25, -0.2) is 13.4 Å². The molecule has 122 valence electrons. The van der Waals surface area contributed by atoms with Gasteiger partial charge in [0.2, 0.25) is 0 Å². The molecule has 0 saturated heterocycles. The van der Waals surface area contributed by atoms with Crippen LogP contribution >= 0.6 is 0 Å². The molecule has 0 spiro atoms. The van der Waals surface area contributed by atoms with Crippen LogP contribution in [0.25, 0.3) is 10.8 Å². The number of aromatic nitrogens is 2. The van der Waals surface area contributed by atoms with E-state index in [2.05, 4.69) is 16.0 Å². The smallest absolute Gasteiger partial charge is 0.316 e. The van der Waals surface area contributed by atoms with Crippen molar-refractivity contribution in [3.8, 4) is 6.01 Å². The molecule has 24 heavy (non-hydrogen) atoms. The molecule has 0 saturated carbocycles. The van der Waals surface area contributed by atoms with Crippen LogP contribution in [0.15, 0.2) is 47.5 Å². The second-order valence-corrected chi connectivity index (χ2v) is 7.81. The molecule has 3 aromatic rings. The van der Waals surface area contributed by atoms with Crippen molar-refractivity contribution in [2.75, 3.05) is 7.11 Å². The number of benzene rings is 2. The van der Waals surface area contributed by atoms with Crippen LogP contribution in [0.2, 0.25) is 0 Å². The number of rotatable bonds is 4. The predicted molar refractivity (Wildman–Crippen MR) is 90.8 cm³/mol. The van der Waals surface area contributed by atoms with Crippen molar-refractivity contribution in [3.05, 3.63) is 59.4 Å². The molecule has 0 aliphatic heterocycles. The topological polar surface area (TPSA) is 69.2 Å². The molecule has 2 aromatic carbocycles. The maximum absolute atomic E-state index is 13.0. The fraction of sp³-hybridized carbons (Fsp3) is 0.222. The number of ether oxygens (including phenoxy) is 1. The fourth-order valence-electron chi connectivity index (χ4n) is 3.32. The summed E-state index contributed by atoms with van der Waals surface area (Å²) in [5, 5.41) is 1.90. The zero-order valence-corrected chi connectivity index (χ0v) is 14.0. The van der Waals surface area contributed by atoms with Gasteiger partial charge in [-0.1, -0.05) is 24.3 Å². The Morgan fingerprint density at radius 2 is 1.88 bits per heavy atom. The largest absolute Gasteiger partial charge is 0.467 e. The van der Waals surface area contributed by atoms with Gasteiger partial charge in [-0.2, -0.15) is 4.98 Å². The summed E-state index contributed by atoms with van der Waals surface area (Å²) in [5.74, 6) is -0.176. The Morgan fingerprint density at radius 3 is 2.67 bits per heavy atom. The Bertz CT molecular complexity index is 1040. The molecule has 0 unspecified atom stereocenters. The third kappa shape index (κ3) is 2.43. The van der Waals surface area contributed by atoms with Crippen molar-refractivity contribution in [1.29, 1.82) is 0 Å². The summed E-state index contributed by atoms with van der Waals surface area (Å²) in [5.41, 5.74) is 2.87. The molecule has 0 amide bonds. The van der Waals surface area contributed by atoms with E-state index in [-0.39, 0.29) is 11.8 Å². The van der Waals surface area contributed by atoms with Gasteiger partial charge in [-0.15, -0.1) is 0 Å². The van der Waals surface area contributed by atoms with E-state index in [4.69, 9.17) is 4.74 Å². The summed E-state index contributed by atoms with van der Waals surface area (Å²) in [7, 11) is -2.06. The Labute approximate surface area is 140 Å². The molecular weight excluding hydrogens is 324 g/mol. The number of hydrogen-bond donors (Lipinski definition) is 0. The Kier molecular flexibility index (Phi) is 3.49. The second-order valence-electron chi connectivity index (χ2n) is 5.86. The summed E-state index contributed by atoms with van der Waals surface area (Å²) in [6, 6.07) is 11.3. The maximum atomic E-state index is 13.0. The van der Waals surface area contributed by atoms with E-state index in [1.165, 1.54) is 24.4 Å². The highest BCUT2D eigenvalue weighted by Gasteiger charge is 2.23. The first kappa shape index (κ1) is 15.1. The van der Waals surface area contributed by atoms with Crippen molar-refractivity contribution in [3.63, 3.8) is 0 Å². The maximum Gasteiger partial charge on any atom is 0.316 e. The number of sulfone groups is 1. The van der Waals surface area contributed by atoms with Crippen LogP contribution < -0.4 is 4.74 Å². The summed E-state index contributed by atoms with van der Waals surface area (Å²) in [4.78, 5) is 8.39. The normalized spacial score (nSPS) is 13.4. The van der Waals surface area contributed by atoms with Gasteiger partial charge >= 0.3 is 6.01 Å². The highest BCUT2D eigenvalue weighted by molar-refractivity contribution is 7.90. The monoisotopic (exact) mass is 340 g/mol. The third-order valence-electron chi connectivity index (χ3n) is 4.38. The van der Waals surface area contributed by atoms with E-state index in [9.17, 15) is 8.42 Å². The van der Waals surface area contributed by atoms with Crippen LogP contribution in [-0.2, 0) is 28.4 Å². The molecule has 0 atom stereocenters. The van der Waals surface area contributed by atoms with Gasteiger partial charge in [0.05, 0.1) is 23.5 Å². The van der Waals surface area contributed by atoms with Gasteiger partial charge in [0, 0.05) is 11.6 Å². The molecule has 1 aromatic heterocycles. The first-order valence-corrected chi connectivity index (χ1v) is 9.36. The van der Waals surface area contributed by atoms with Crippen molar-refractivity contribution in [2.24, 2.45) is 0 Å². The van der Waals surface area contributed by atoms with Gasteiger partial charge in [-0.05, 0) is 41.5 Å². The molecule has 0 N–H and O–H groups in total. The second kappa shape index (κ2) is 5.56. The lowest BCUT2D eigenvalue weighted by Gasteiger charge is -2.10. The van der Waals surface area contributed by atoms with Crippen molar-refractivity contribution >= 4 is 20.6 Å². The molecule has 0 bridgehead atoms. The molecule has 0 fully saturated rings. The summed E-state index contributed by atoms with van der Waals surface area (Å²) in [6.45, 7) is 0. The number of nitrogens with zero attached hydrogens (tertiary/aromatic N) is 2. The van der Waals surface area contributed by atoms with Crippen molar-refractivity contribution < 1.29 is 13.2 Å². The van der Waals surface area contributed by atoms with E-state index in [1.54, 1.807) is 12.1 Å². The van der Waals surface area contributed by atoms with E-state index >= 15 is 0 Å². The van der Waals surface area contributed by atoms with E-state index < -0.39 is 9.84 Å². The summed E-state index contributed by atoms with van der Waals surface area (Å²) >= 11 is 0. The summed E-state index contributed by atoms with van der Waals surface area (Å²) < 4.78 is 30.9. The predicted octanol–water partition coefficient (Wildman–Crippen LogP) is 2.71. The zero-order valence-electron chi connectivity index (χ0n) is 13.2. The van der Waals surface area contributed by atoms with Crippen LogP contribution in [0, 0.1) is 0 Å². The minimum atomic E-state index is -3.52. The fourth-order valence-corrected chi connectivity index (χ4v) is 4.80. The lowest BCUT2D eigenvalue weighted by atomic mass is 10.1. The lowest BCUT2D eigenvalue weighted by Crippen LogP contribution is -2.08. The van der Waals surface area contributed by atoms with Gasteiger partial charge in [0.1, 0.15) is 0 Å². The SMILES string of the molecule is COc1nccc(CS(=O)(=O)c2ccc3c4c(cccc24)CC3)n1. The highest BCUT2D eigenvalue weighted by atomic mass is 32.2. The molecule has 1 heterocycles. The molecule has 0 radical (unpaired) electrons. The lowest BCUT2D eigenvalue weighted by molar-refractivity contribution is 0.378. The Balaban J connectivity index is 1.82. The van der Waals surface area contributed by atoms with Crippen LogP contribution in [-0.4, -0.2) is 25.5 Å². The molecule has 4 rings (SSSR count). The Hall–Kier alpha value is -2.47. The minimum Gasteiger partial charge on any atom is -0.467 e. The average Bonchev–Trinajstić information content (AvgIpc) is 3.00. The molecule has 6 heteroatoms. The van der Waals surface area contributed by atoms with Crippen molar-refractivity contribution in [2.45, 2.75) is 23.5 Å². The quantitative estimate of drug-likeness (QED) is 0.730. The first-order valence-electron chi connectivity index (χ1n) is 7.70. The van der Waals surface area contributed by atoms with Crippen LogP contribution in [0.5, 0.6) is 6.01 Å². The highest BCUT2D eigenvalue weighted by Crippen LogP contribution is 2.35. The van der Waals surface area contributed by atoms with Gasteiger partial charge in [-0.3, -0.25) is 0 Å². The third-order valence-corrected chi connectivity index (χ3v) is 6.09. The molecular formula is C18H16N2O3S. The summed E-state index contributed by atoms with van der Waals surface area (Å²) in [6.07, 6.45) is 3.45. The van der Waals surface area contributed by atoms with Gasteiger partial charge < -0.3 is 4.74 Å². The van der Waals surface area contributed by atoms with Crippen LogP contribution in [0.3, 0.4) is 0 Å². The minimum absolute atomic E-state index is 0.170. The first-order chi connectivity index (χ1) is 11.6. The standard InChI is InChI=1S/C18H16N2O3S/c1-23-18-19-10-9-14(20-18)11-24(21,22)16-8-7-13-6-5-12-3-2-4-15(16)17(12)13/h2-4,7-10H,5-6,11H2,1H3. The van der Waals surface area contributed by atoms with Crippen LogP contribution in [0.1, 0.15) is 16.8 Å². The van der Waals surface area contributed by atoms with E-state index in [1.807, 2.05) is 18.2 Å². The van der Waals surface area contributed by atoms with E-state index in [0.717, 1.165) is 23.6 Å². The number of methoxy groups -OCH3 is 1. The molecule has 1 aliphatic carbocycles.